The Morgan fingerprint density at radius 1 is 1.39 bits per heavy atom. The van der Waals surface area contributed by atoms with Crippen LogP contribution in [0.1, 0.15) is 0 Å². The Balaban J connectivity index is 2.50. The third-order valence-electron chi connectivity index (χ3n) is 2.37. The SMILES string of the molecule is NC(=S)CNS(=O)(=O)c1cccc2cnccc12. The molecule has 0 bridgehead atoms. The highest BCUT2D eigenvalue weighted by atomic mass is 32.2. The first kappa shape index (κ1) is 12.9. The Labute approximate surface area is 110 Å². The lowest BCUT2D eigenvalue weighted by Crippen LogP contribution is -2.32. The molecule has 2 aromatic rings. The largest absolute Gasteiger partial charge is 0.392 e. The number of aromatic nitrogens is 1. The smallest absolute Gasteiger partial charge is 0.241 e. The quantitative estimate of drug-likeness (QED) is 0.810. The van der Waals surface area contributed by atoms with Crippen LogP contribution in [0.4, 0.5) is 0 Å². The van der Waals surface area contributed by atoms with Crippen LogP contribution in [0, 0.1) is 0 Å². The molecule has 0 aliphatic heterocycles. The zero-order valence-electron chi connectivity index (χ0n) is 9.33. The van der Waals surface area contributed by atoms with E-state index in [0.717, 1.165) is 5.39 Å². The zero-order valence-corrected chi connectivity index (χ0v) is 11.0. The molecule has 18 heavy (non-hydrogen) atoms. The minimum absolute atomic E-state index is 0.0564. The van der Waals surface area contributed by atoms with Crippen LogP contribution in [-0.2, 0) is 10.0 Å². The monoisotopic (exact) mass is 281 g/mol. The minimum atomic E-state index is -3.63. The van der Waals surface area contributed by atoms with Gasteiger partial charge < -0.3 is 5.73 Å². The van der Waals surface area contributed by atoms with Gasteiger partial charge in [0.05, 0.1) is 16.4 Å². The summed E-state index contributed by atoms with van der Waals surface area (Å²) < 4.78 is 26.6. The van der Waals surface area contributed by atoms with Crippen LogP contribution >= 0.6 is 12.2 Å². The van der Waals surface area contributed by atoms with Gasteiger partial charge in [-0.15, -0.1) is 0 Å². The van der Waals surface area contributed by atoms with E-state index in [1.54, 1.807) is 30.6 Å². The van der Waals surface area contributed by atoms with Crippen LogP contribution in [0.2, 0.25) is 0 Å². The fourth-order valence-electron chi connectivity index (χ4n) is 1.57. The Morgan fingerprint density at radius 2 is 2.17 bits per heavy atom. The standard InChI is InChI=1S/C11H11N3O2S2/c12-11(17)7-14-18(15,16)10-3-1-2-8-6-13-5-4-9(8)10/h1-6,14H,7H2,(H2,12,17). The third kappa shape index (κ3) is 2.63. The van der Waals surface area contributed by atoms with Crippen molar-refractivity contribution < 1.29 is 8.42 Å². The third-order valence-corrected chi connectivity index (χ3v) is 3.97. The summed E-state index contributed by atoms with van der Waals surface area (Å²) in [7, 11) is -3.63. The van der Waals surface area contributed by atoms with Crippen molar-refractivity contribution in [2.24, 2.45) is 5.73 Å². The molecular formula is C11H11N3O2S2. The van der Waals surface area contributed by atoms with E-state index in [0.29, 0.717) is 5.39 Å². The van der Waals surface area contributed by atoms with Gasteiger partial charge in [-0.2, -0.15) is 0 Å². The molecule has 0 amide bonds. The summed E-state index contributed by atoms with van der Waals surface area (Å²) in [6.07, 6.45) is 3.16. The van der Waals surface area contributed by atoms with Crippen LogP contribution in [0.5, 0.6) is 0 Å². The van der Waals surface area contributed by atoms with Crippen molar-refractivity contribution in [3.05, 3.63) is 36.7 Å². The predicted octanol–water partition coefficient (Wildman–Crippen LogP) is 0.799. The maximum absolute atomic E-state index is 12.1. The number of nitrogens with two attached hydrogens (primary N) is 1. The average Bonchev–Trinajstić information content (AvgIpc) is 2.36. The summed E-state index contributed by atoms with van der Waals surface area (Å²) >= 11 is 4.65. The van der Waals surface area contributed by atoms with Gasteiger partial charge in [-0.3, -0.25) is 4.98 Å². The van der Waals surface area contributed by atoms with Crippen molar-refractivity contribution in [1.82, 2.24) is 9.71 Å². The maximum Gasteiger partial charge on any atom is 0.241 e. The van der Waals surface area contributed by atoms with E-state index in [9.17, 15) is 8.42 Å². The number of nitrogens with one attached hydrogen (secondary N) is 1. The van der Waals surface area contributed by atoms with Crippen LogP contribution in [0.15, 0.2) is 41.6 Å². The molecule has 1 aromatic heterocycles. The number of benzene rings is 1. The van der Waals surface area contributed by atoms with E-state index in [1.807, 2.05) is 0 Å². The molecule has 0 saturated carbocycles. The van der Waals surface area contributed by atoms with Crippen molar-refractivity contribution in [3.8, 4) is 0 Å². The molecule has 0 aliphatic carbocycles. The molecule has 0 aliphatic rings. The molecule has 2 rings (SSSR count). The minimum Gasteiger partial charge on any atom is -0.392 e. The number of nitrogens with zero attached hydrogens (tertiary/aromatic N) is 1. The fourth-order valence-corrected chi connectivity index (χ4v) is 2.97. The van der Waals surface area contributed by atoms with Gasteiger partial charge >= 0.3 is 0 Å². The molecule has 0 spiro atoms. The lowest BCUT2D eigenvalue weighted by atomic mass is 10.2. The topological polar surface area (TPSA) is 85.1 Å². The molecule has 0 fully saturated rings. The Kier molecular flexibility index (Phi) is 3.55. The normalized spacial score (nSPS) is 11.6. The molecular weight excluding hydrogens is 270 g/mol. The molecule has 0 atom stereocenters. The lowest BCUT2D eigenvalue weighted by Gasteiger charge is -2.08. The van der Waals surface area contributed by atoms with Crippen molar-refractivity contribution in [1.29, 1.82) is 0 Å². The van der Waals surface area contributed by atoms with Gasteiger partial charge in [0.1, 0.15) is 0 Å². The first-order valence-corrected chi connectivity index (χ1v) is 7.00. The molecule has 1 aromatic carbocycles. The Hall–Kier alpha value is -1.57. The molecule has 1 heterocycles. The van der Waals surface area contributed by atoms with Crippen molar-refractivity contribution in [2.45, 2.75) is 4.90 Å². The maximum atomic E-state index is 12.1. The zero-order chi connectivity index (χ0) is 13.2. The van der Waals surface area contributed by atoms with Gasteiger partial charge in [-0.25, -0.2) is 13.1 Å². The molecule has 3 N–H and O–H groups in total. The van der Waals surface area contributed by atoms with E-state index in [-0.39, 0.29) is 16.4 Å². The van der Waals surface area contributed by atoms with E-state index in [4.69, 9.17) is 5.73 Å². The second kappa shape index (κ2) is 4.97. The van der Waals surface area contributed by atoms with Gasteiger partial charge in [-0.1, -0.05) is 24.4 Å². The number of rotatable bonds is 4. The molecule has 5 nitrogen and oxygen atoms in total. The van der Waals surface area contributed by atoms with Gasteiger partial charge in [0, 0.05) is 23.2 Å². The highest BCUT2D eigenvalue weighted by Crippen LogP contribution is 2.21. The summed E-state index contributed by atoms with van der Waals surface area (Å²) in [4.78, 5) is 4.25. The molecule has 0 unspecified atom stereocenters. The molecule has 94 valence electrons. The van der Waals surface area contributed by atoms with Crippen molar-refractivity contribution in [3.63, 3.8) is 0 Å². The number of sulfonamides is 1. The number of hydrogen-bond donors (Lipinski definition) is 2. The second-order valence-electron chi connectivity index (χ2n) is 3.64. The van der Waals surface area contributed by atoms with E-state index in [1.165, 1.54) is 6.07 Å². The van der Waals surface area contributed by atoms with Crippen molar-refractivity contribution >= 4 is 38.0 Å². The van der Waals surface area contributed by atoms with Gasteiger partial charge in [0.2, 0.25) is 10.0 Å². The fraction of sp³-hybridized carbons (Fsp3) is 0.0909. The van der Waals surface area contributed by atoms with E-state index in [2.05, 4.69) is 21.9 Å². The lowest BCUT2D eigenvalue weighted by molar-refractivity contribution is 0.587. The summed E-state index contributed by atoms with van der Waals surface area (Å²) in [5.41, 5.74) is 5.28. The highest BCUT2D eigenvalue weighted by Gasteiger charge is 2.16. The summed E-state index contributed by atoms with van der Waals surface area (Å²) in [5, 5.41) is 1.37. The van der Waals surface area contributed by atoms with Gasteiger partial charge in [-0.05, 0) is 12.1 Å². The van der Waals surface area contributed by atoms with Gasteiger partial charge in [0.15, 0.2) is 0 Å². The Morgan fingerprint density at radius 3 is 2.89 bits per heavy atom. The highest BCUT2D eigenvalue weighted by molar-refractivity contribution is 7.89. The van der Waals surface area contributed by atoms with Crippen LogP contribution < -0.4 is 10.5 Å². The molecule has 0 saturated heterocycles. The first-order valence-electron chi connectivity index (χ1n) is 5.11. The van der Waals surface area contributed by atoms with Crippen LogP contribution in [-0.4, -0.2) is 24.9 Å². The number of fused-ring (bicyclic) bond motifs is 1. The number of hydrogen-bond acceptors (Lipinski definition) is 4. The van der Waals surface area contributed by atoms with Crippen LogP contribution in [0.3, 0.4) is 0 Å². The van der Waals surface area contributed by atoms with Gasteiger partial charge in [0.25, 0.3) is 0 Å². The average molecular weight is 281 g/mol. The first-order chi connectivity index (χ1) is 8.50. The predicted molar refractivity (Wildman–Crippen MR) is 73.7 cm³/mol. The van der Waals surface area contributed by atoms with Crippen LogP contribution in [0.25, 0.3) is 10.8 Å². The summed E-state index contributed by atoms with van der Waals surface area (Å²) in [5.74, 6) is 0. The second-order valence-corrected chi connectivity index (χ2v) is 5.90. The summed E-state index contributed by atoms with van der Waals surface area (Å²) in [6.45, 7) is -0.0564. The molecule has 7 heteroatoms. The van der Waals surface area contributed by atoms with E-state index < -0.39 is 10.0 Å². The van der Waals surface area contributed by atoms with Crippen molar-refractivity contribution in [2.75, 3.05) is 6.54 Å². The Bertz CT molecular complexity index is 693. The molecule has 0 radical (unpaired) electrons. The van der Waals surface area contributed by atoms with E-state index >= 15 is 0 Å². The summed E-state index contributed by atoms with van der Waals surface area (Å²) in [6, 6.07) is 6.66. The number of pyridine rings is 1. The number of thiocarbonyl (C=S) groups is 1.